The van der Waals surface area contributed by atoms with Crippen LogP contribution in [0.3, 0.4) is 0 Å². The quantitative estimate of drug-likeness (QED) is 0.824. The number of ether oxygens (including phenoxy) is 1. The topological polar surface area (TPSA) is 77.2 Å². The van der Waals surface area contributed by atoms with Crippen molar-refractivity contribution < 1.29 is 14.6 Å². The summed E-state index contributed by atoms with van der Waals surface area (Å²) in [6.45, 7) is 0. The van der Waals surface area contributed by atoms with E-state index in [4.69, 9.17) is 9.84 Å². The van der Waals surface area contributed by atoms with E-state index in [1.807, 2.05) is 24.3 Å². The largest absolute Gasteiger partial charge is 0.497 e. The molecule has 0 aliphatic carbocycles. The van der Waals surface area contributed by atoms with Gasteiger partial charge in [0.2, 0.25) is 0 Å². The summed E-state index contributed by atoms with van der Waals surface area (Å²) in [7, 11) is 1.60. The number of rotatable bonds is 5. The minimum Gasteiger partial charge on any atom is -0.497 e. The zero-order valence-electron chi connectivity index (χ0n) is 9.61. The van der Waals surface area contributed by atoms with Gasteiger partial charge in [0.25, 0.3) is 0 Å². The number of benzene rings is 1. The van der Waals surface area contributed by atoms with Crippen LogP contribution in [0.1, 0.15) is 0 Å². The number of methoxy groups -OCH3 is 1. The van der Waals surface area contributed by atoms with Gasteiger partial charge in [-0.3, -0.25) is 9.36 Å². The maximum absolute atomic E-state index is 10.5. The van der Waals surface area contributed by atoms with Gasteiger partial charge in [-0.05, 0) is 24.3 Å². The predicted molar refractivity (Wildman–Crippen MR) is 66.3 cm³/mol. The number of carboxylic acids is 1. The summed E-state index contributed by atoms with van der Waals surface area (Å²) in [4.78, 5) is 10.5. The number of carbonyl (C=O) groups is 1. The Morgan fingerprint density at radius 2 is 2.17 bits per heavy atom. The molecule has 18 heavy (non-hydrogen) atoms. The summed E-state index contributed by atoms with van der Waals surface area (Å²) in [5.74, 6) is -0.176. The molecule has 0 aliphatic rings. The highest BCUT2D eigenvalue weighted by Gasteiger charge is 2.09. The molecule has 2 aromatic rings. The second-order valence-electron chi connectivity index (χ2n) is 3.36. The summed E-state index contributed by atoms with van der Waals surface area (Å²) in [6.07, 6.45) is 1.55. The van der Waals surface area contributed by atoms with Crippen LogP contribution in [0.5, 0.6) is 5.75 Å². The maximum Gasteiger partial charge on any atom is 0.313 e. The summed E-state index contributed by atoms with van der Waals surface area (Å²) in [5.41, 5.74) is 0.855. The summed E-state index contributed by atoms with van der Waals surface area (Å²) < 4.78 is 6.80. The molecule has 1 heterocycles. The minimum absolute atomic E-state index is 0.0468. The molecule has 7 heteroatoms. The van der Waals surface area contributed by atoms with E-state index in [0.717, 1.165) is 23.2 Å². The van der Waals surface area contributed by atoms with Gasteiger partial charge in [-0.15, -0.1) is 10.2 Å². The predicted octanol–water partition coefficient (Wildman–Crippen LogP) is 1.45. The Morgan fingerprint density at radius 3 is 2.78 bits per heavy atom. The van der Waals surface area contributed by atoms with E-state index in [2.05, 4.69) is 10.2 Å². The lowest BCUT2D eigenvalue weighted by molar-refractivity contribution is -0.133. The Balaban J connectivity index is 2.21. The van der Waals surface area contributed by atoms with Crippen LogP contribution >= 0.6 is 11.8 Å². The van der Waals surface area contributed by atoms with Crippen LogP contribution < -0.4 is 4.74 Å². The van der Waals surface area contributed by atoms with Crippen molar-refractivity contribution in [2.24, 2.45) is 0 Å². The number of aliphatic carboxylic acids is 1. The lowest BCUT2D eigenvalue weighted by atomic mass is 10.3. The molecule has 0 saturated heterocycles. The summed E-state index contributed by atoms with van der Waals surface area (Å²) in [6, 6.07) is 7.35. The van der Waals surface area contributed by atoms with Crippen molar-refractivity contribution in [1.82, 2.24) is 14.8 Å². The van der Waals surface area contributed by atoms with Crippen molar-refractivity contribution in [3.63, 3.8) is 0 Å². The number of carboxylic acid groups (broad SMARTS) is 1. The SMILES string of the molecule is COc1ccc(-n2cnnc2SCC(=O)O)cc1. The van der Waals surface area contributed by atoms with E-state index in [9.17, 15) is 4.79 Å². The van der Waals surface area contributed by atoms with Crippen molar-refractivity contribution in [3.05, 3.63) is 30.6 Å². The van der Waals surface area contributed by atoms with Gasteiger partial charge in [0.05, 0.1) is 12.9 Å². The van der Waals surface area contributed by atoms with Crippen molar-refractivity contribution in [2.75, 3.05) is 12.9 Å². The number of nitrogens with zero attached hydrogens (tertiary/aromatic N) is 3. The van der Waals surface area contributed by atoms with Gasteiger partial charge >= 0.3 is 5.97 Å². The highest BCUT2D eigenvalue weighted by atomic mass is 32.2. The van der Waals surface area contributed by atoms with Gasteiger partial charge in [-0.1, -0.05) is 11.8 Å². The summed E-state index contributed by atoms with van der Waals surface area (Å²) >= 11 is 1.13. The first kappa shape index (κ1) is 12.4. The Labute approximate surface area is 108 Å². The normalized spacial score (nSPS) is 10.3. The minimum atomic E-state index is -0.885. The Morgan fingerprint density at radius 1 is 1.44 bits per heavy atom. The highest BCUT2D eigenvalue weighted by Crippen LogP contribution is 2.21. The molecule has 0 unspecified atom stereocenters. The number of hydrogen-bond donors (Lipinski definition) is 1. The van der Waals surface area contributed by atoms with Crippen LogP contribution in [0.2, 0.25) is 0 Å². The standard InChI is InChI=1S/C11H11N3O3S/c1-17-9-4-2-8(3-5-9)14-7-12-13-11(14)18-6-10(15)16/h2-5,7H,6H2,1H3,(H,15,16). The molecular weight excluding hydrogens is 254 g/mol. The third kappa shape index (κ3) is 2.80. The van der Waals surface area contributed by atoms with E-state index >= 15 is 0 Å². The second-order valence-corrected chi connectivity index (χ2v) is 4.31. The average Bonchev–Trinajstić information content (AvgIpc) is 2.85. The van der Waals surface area contributed by atoms with Gasteiger partial charge in [0, 0.05) is 5.69 Å². The van der Waals surface area contributed by atoms with Crippen LogP contribution in [-0.2, 0) is 4.79 Å². The third-order valence-electron chi connectivity index (χ3n) is 2.19. The van der Waals surface area contributed by atoms with Gasteiger partial charge in [-0.2, -0.15) is 0 Å². The molecule has 1 N–H and O–H groups in total. The number of aromatic nitrogens is 3. The molecule has 2 rings (SSSR count). The molecule has 0 bridgehead atoms. The Hall–Kier alpha value is -2.02. The van der Waals surface area contributed by atoms with Gasteiger partial charge in [0.15, 0.2) is 5.16 Å². The van der Waals surface area contributed by atoms with Gasteiger partial charge < -0.3 is 9.84 Å². The van der Waals surface area contributed by atoms with E-state index in [0.29, 0.717) is 5.16 Å². The Bertz CT molecular complexity index is 539. The van der Waals surface area contributed by atoms with E-state index in [1.54, 1.807) is 18.0 Å². The molecule has 0 amide bonds. The highest BCUT2D eigenvalue weighted by molar-refractivity contribution is 7.99. The average molecular weight is 265 g/mol. The van der Waals surface area contributed by atoms with Gasteiger partial charge in [-0.25, -0.2) is 0 Å². The fourth-order valence-corrected chi connectivity index (χ4v) is 2.02. The van der Waals surface area contributed by atoms with Crippen molar-refractivity contribution >= 4 is 17.7 Å². The molecular formula is C11H11N3O3S. The molecule has 0 atom stereocenters. The lowest BCUT2D eigenvalue weighted by Crippen LogP contribution is -2.01. The van der Waals surface area contributed by atoms with Crippen molar-refractivity contribution in [1.29, 1.82) is 0 Å². The first-order valence-electron chi connectivity index (χ1n) is 5.10. The maximum atomic E-state index is 10.5. The third-order valence-corrected chi connectivity index (χ3v) is 3.12. The van der Waals surface area contributed by atoms with E-state index in [1.165, 1.54) is 0 Å². The molecule has 94 valence electrons. The monoisotopic (exact) mass is 265 g/mol. The fourth-order valence-electron chi connectivity index (χ4n) is 1.37. The van der Waals surface area contributed by atoms with Crippen LogP contribution in [0.25, 0.3) is 5.69 Å². The van der Waals surface area contributed by atoms with Gasteiger partial charge in [0.1, 0.15) is 12.1 Å². The molecule has 6 nitrogen and oxygen atoms in total. The number of thioether (sulfide) groups is 1. The van der Waals surface area contributed by atoms with Crippen LogP contribution in [0.15, 0.2) is 35.7 Å². The van der Waals surface area contributed by atoms with Crippen LogP contribution in [-0.4, -0.2) is 38.7 Å². The molecule has 0 spiro atoms. The zero-order chi connectivity index (χ0) is 13.0. The van der Waals surface area contributed by atoms with Crippen molar-refractivity contribution in [3.8, 4) is 11.4 Å². The van der Waals surface area contributed by atoms with Crippen molar-refractivity contribution in [2.45, 2.75) is 5.16 Å². The molecule has 0 radical (unpaired) electrons. The first-order chi connectivity index (χ1) is 8.70. The molecule has 0 saturated carbocycles. The van der Waals surface area contributed by atoms with Crippen LogP contribution in [0, 0.1) is 0 Å². The molecule has 1 aromatic heterocycles. The van der Waals surface area contributed by atoms with E-state index < -0.39 is 5.97 Å². The lowest BCUT2D eigenvalue weighted by Gasteiger charge is -2.06. The zero-order valence-corrected chi connectivity index (χ0v) is 10.4. The van der Waals surface area contributed by atoms with E-state index in [-0.39, 0.29) is 5.75 Å². The molecule has 0 aliphatic heterocycles. The first-order valence-corrected chi connectivity index (χ1v) is 6.08. The number of hydrogen-bond acceptors (Lipinski definition) is 5. The fraction of sp³-hybridized carbons (Fsp3) is 0.182. The summed E-state index contributed by atoms with van der Waals surface area (Å²) in [5, 5.41) is 16.9. The molecule has 1 aromatic carbocycles. The molecule has 0 fully saturated rings. The van der Waals surface area contributed by atoms with Crippen LogP contribution in [0.4, 0.5) is 0 Å². The Kier molecular flexibility index (Phi) is 3.83. The smallest absolute Gasteiger partial charge is 0.313 e. The second kappa shape index (κ2) is 5.54.